The third kappa shape index (κ3) is 3.14. The summed E-state index contributed by atoms with van der Waals surface area (Å²) in [7, 11) is 0. The zero-order valence-electron chi connectivity index (χ0n) is 14.4. The number of nitrogens with zero attached hydrogens (tertiary/aromatic N) is 6. The molecule has 3 heterocycles. The zero-order valence-corrected chi connectivity index (χ0v) is 14.4. The molecule has 0 aliphatic rings. The lowest BCUT2D eigenvalue weighted by atomic mass is 10.2. The largest absolute Gasteiger partial charge is 0.439 e. The zero-order chi connectivity index (χ0) is 17.9. The van der Waals surface area contributed by atoms with Crippen molar-refractivity contribution >= 4 is 0 Å². The molecule has 0 saturated heterocycles. The van der Waals surface area contributed by atoms with E-state index in [1.807, 2.05) is 50.2 Å². The maximum atomic E-state index is 6.06. The van der Waals surface area contributed by atoms with Crippen LogP contribution in [-0.2, 0) is 0 Å². The van der Waals surface area contributed by atoms with Gasteiger partial charge in [-0.15, -0.1) is 5.10 Å². The molecule has 3 aromatic heterocycles. The molecule has 0 bridgehead atoms. The van der Waals surface area contributed by atoms with E-state index in [1.54, 1.807) is 29.5 Å². The van der Waals surface area contributed by atoms with Crippen LogP contribution in [-0.4, -0.2) is 29.9 Å². The quantitative estimate of drug-likeness (QED) is 0.563. The summed E-state index contributed by atoms with van der Waals surface area (Å²) in [6, 6.07) is 11.4. The maximum Gasteiger partial charge on any atom is 0.226 e. The molecular weight excluding hydrogens is 328 g/mol. The Morgan fingerprint density at radius 2 is 1.92 bits per heavy atom. The fourth-order valence-corrected chi connectivity index (χ4v) is 2.47. The molecule has 0 amide bonds. The second-order valence-corrected chi connectivity index (χ2v) is 5.75. The van der Waals surface area contributed by atoms with Crippen LogP contribution in [0.2, 0.25) is 0 Å². The highest BCUT2D eigenvalue weighted by atomic mass is 16.5. The molecule has 4 aromatic rings. The summed E-state index contributed by atoms with van der Waals surface area (Å²) in [4.78, 5) is 13.3. The van der Waals surface area contributed by atoms with E-state index in [-0.39, 0.29) is 0 Å². The van der Waals surface area contributed by atoms with Gasteiger partial charge in [0.15, 0.2) is 5.82 Å². The first-order chi connectivity index (χ1) is 12.7. The monoisotopic (exact) mass is 344 g/mol. The van der Waals surface area contributed by atoms with Crippen molar-refractivity contribution in [1.29, 1.82) is 0 Å². The van der Waals surface area contributed by atoms with Crippen LogP contribution in [0.4, 0.5) is 0 Å². The summed E-state index contributed by atoms with van der Waals surface area (Å²) in [6.07, 6.45) is 6.86. The topological polar surface area (TPSA) is 78.6 Å². The van der Waals surface area contributed by atoms with Gasteiger partial charge in [-0.3, -0.25) is 4.98 Å². The van der Waals surface area contributed by atoms with E-state index < -0.39 is 0 Å². The van der Waals surface area contributed by atoms with Crippen LogP contribution in [0.1, 0.15) is 11.3 Å². The van der Waals surface area contributed by atoms with E-state index in [0.29, 0.717) is 17.5 Å². The molecule has 0 unspecified atom stereocenters. The number of rotatable bonds is 4. The van der Waals surface area contributed by atoms with Gasteiger partial charge >= 0.3 is 0 Å². The summed E-state index contributed by atoms with van der Waals surface area (Å²) >= 11 is 0. The van der Waals surface area contributed by atoms with Gasteiger partial charge in [0, 0.05) is 35.3 Å². The van der Waals surface area contributed by atoms with Crippen LogP contribution in [0.15, 0.2) is 61.2 Å². The molecule has 0 fully saturated rings. The van der Waals surface area contributed by atoms with Gasteiger partial charge in [0.2, 0.25) is 5.88 Å². The average Bonchev–Trinajstić information content (AvgIpc) is 3.21. The molecule has 0 atom stereocenters. The van der Waals surface area contributed by atoms with Gasteiger partial charge < -0.3 is 4.74 Å². The molecule has 4 rings (SSSR count). The van der Waals surface area contributed by atoms with Crippen LogP contribution in [0.3, 0.4) is 0 Å². The van der Waals surface area contributed by atoms with Crippen LogP contribution >= 0.6 is 0 Å². The SMILES string of the molecule is Cc1nc(-c2cccnc2)nc(Oc2cccc(-n3ccnn3)c2)c1C. The Balaban J connectivity index is 1.70. The number of hydrogen-bond acceptors (Lipinski definition) is 6. The third-order valence-corrected chi connectivity index (χ3v) is 3.98. The van der Waals surface area contributed by atoms with Crippen molar-refractivity contribution < 1.29 is 4.74 Å². The predicted molar refractivity (Wildman–Crippen MR) is 96.2 cm³/mol. The highest BCUT2D eigenvalue weighted by molar-refractivity contribution is 5.55. The summed E-state index contributed by atoms with van der Waals surface area (Å²) in [6.45, 7) is 3.88. The van der Waals surface area contributed by atoms with Gasteiger partial charge in [-0.05, 0) is 38.1 Å². The Labute approximate surface area is 150 Å². The van der Waals surface area contributed by atoms with Crippen molar-refractivity contribution in [1.82, 2.24) is 29.9 Å². The van der Waals surface area contributed by atoms with Crippen molar-refractivity contribution in [3.63, 3.8) is 0 Å². The minimum Gasteiger partial charge on any atom is -0.439 e. The van der Waals surface area contributed by atoms with E-state index in [0.717, 1.165) is 22.5 Å². The first-order valence-corrected chi connectivity index (χ1v) is 8.11. The van der Waals surface area contributed by atoms with Gasteiger partial charge in [0.1, 0.15) is 5.75 Å². The Kier molecular flexibility index (Phi) is 4.10. The van der Waals surface area contributed by atoms with Crippen molar-refractivity contribution in [2.75, 3.05) is 0 Å². The van der Waals surface area contributed by atoms with Crippen LogP contribution in [0.5, 0.6) is 11.6 Å². The van der Waals surface area contributed by atoms with Gasteiger partial charge in [-0.1, -0.05) is 11.3 Å². The van der Waals surface area contributed by atoms with Crippen molar-refractivity contribution in [3.05, 3.63) is 72.4 Å². The standard InChI is InChI=1S/C19H16N6O/c1-13-14(2)22-18(15-5-4-8-20-12-15)23-19(13)26-17-7-3-6-16(11-17)25-10-9-21-24-25/h3-12H,1-2H3. The molecule has 0 radical (unpaired) electrons. The molecule has 0 spiro atoms. The van der Waals surface area contributed by atoms with Crippen LogP contribution in [0.25, 0.3) is 17.1 Å². The molecule has 26 heavy (non-hydrogen) atoms. The summed E-state index contributed by atoms with van der Waals surface area (Å²) < 4.78 is 7.73. The Bertz CT molecular complexity index is 1030. The van der Waals surface area contributed by atoms with E-state index in [1.165, 1.54) is 0 Å². The number of pyridine rings is 1. The molecule has 0 N–H and O–H groups in total. The third-order valence-electron chi connectivity index (χ3n) is 3.98. The van der Waals surface area contributed by atoms with E-state index in [4.69, 9.17) is 4.74 Å². The molecule has 0 aliphatic heterocycles. The number of ether oxygens (including phenoxy) is 1. The predicted octanol–water partition coefficient (Wildman–Crippen LogP) is 3.53. The number of benzene rings is 1. The Morgan fingerprint density at radius 1 is 1.00 bits per heavy atom. The lowest BCUT2D eigenvalue weighted by Gasteiger charge is -2.12. The van der Waals surface area contributed by atoms with E-state index in [9.17, 15) is 0 Å². The minimum absolute atomic E-state index is 0.520. The highest BCUT2D eigenvalue weighted by Crippen LogP contribution is 2.28. The summed E-state index contributed by atoms with van der Waals surface area (Å²) in [5, 5.41) is 7.83. The van der Waals surface area contributed by atoms with Gasteiger partial charge in [-0.25, -0.2) is 9.67 Å². The minimum atomic E-state index is 0.520. The molecule has 128 valence electrons. The second kappa shape index (κ2) is 6.72. The molecule has 7 heteroatoms. The summed E-state index contributed by atoms with van der Waals surface area (Å²) in [5.41, 5.74) is 3.46. The number of hydrogen-bond donors (Lipinski definition) is 0. The fourth-order valence-electron chi connectivity index (χ4n) is 2.47. The van der Waals surface area contributed by atoms with Crippen molar-refractivity contribution in [2.45, 2.75) is 13.8 Å². The molecular formula is C19H16N6O. The average molecular weight is 344 g/mol. The smallest absolute Gasteiger partial charge is 0.226 e. The fraction of sp³-hybridized carbons (Fsp3) is 0.105. The van der Waals surface area contributed by atoms with Crippen LogP contribution < -0.4 is 4.74 Å². The van der Waals surface area contributed by atoms with E-state index in [2.05, 4.69) is 25.3 Å². The lowest BCUT2D eigenvalue weighted by Crippen LogP contribution is -2.01. The van der Waals surface area contributed by atoms with Crippen molar-refractivity contribution in [3.8, 4) is 28.7 Å². The number of aromatic nitrogens is 6. The molecule has 0 saturated carbocycles. The Morgan fingerprint density at radius 3 is 2.69 bits per heavy atom. The maximum absolute atomic E-state index is 6.06. The second-order valence-electron chi connectivity index (χ2n) is 5.75. The van der Waals surface area contributed by atoms with Gasteiger partial charge in [-0.2, -0.15) is 4.98 Å². The summed E-state index contributed by atoms with van der Waals surface area (Å²) in [5.74, 6) is 1.77. The highest BCUT2D eigenvalue weighted by Gasteiger charge is 2.12. The normalized spacial score (nSPS) is 10.7. The first-order valence-electron chi connectivity index (χ1n) is 8.11. The van der Waals surface area contributed by atoms with Crippen LogP contribution in [0, 0.1) is 13.8 Å². The number of aryl methyl sites for hydroxylation is 1. The first kappa shape index (κ1) is 15.9. The Hall–Kier alpha value is -3.61. The van der Waals surface area contributed by atoms with Gasteiger partial charge in [0.25, 0.3) is 0 Å². The lowest BCUT2D eigenvalue weighted by molar-refractivity contribution is 0.457. The molecule has 1 aromatic carbocycles. The van der Waals surface area contributed by atoms with E-state index >= 15 is 0 Å². The molecule has 0 aliphatic carbocycles. The van der Waals surface area contributed by atoms with Crippen molar-refractivity contribution in [2.24, 2.45) is 0 Å². The molecule has 7 nitrogen and oxygen atoms in total. The van der Waals surface area contributed by atoms with Gasteiger partial charge in [0.05, 0.1) is 18.1 Å².